The van der Waals surface area contributed by atoms with E-state index in [4.69, 9.17) is 5.73 Å². The number of nitrogens with zero attached hydrogens (tertiary/aromatic N) is 1. The topological polar surface area (TPSA) is 124 Å². The number of nitrogens with two attached hydrogens (primary N) is 1. The molecule has 0 aliphatic carbocycles. The van der Waals surface area contributed by atoms with E-state index in [2.05, 4.69) is 0 Å². The lowest BCUT2D eigenvalue weighted by Crippen LogP contribution is -2.12. The summed E-state index contributed by atoms with van der Waals surface area (Å²) in [7, 11) is 0. The van der Waals surface area contributed by atoms with Crippen molar-refractivity contribution < 1.29 is 19.6 Å². The smallest absolute Gasteiger partial charge is 0.336 e. The van der Waals surface area contributed by atoms with Gasteiger partial charge in [-0.2, -0.15) is 0 Å². The van der Waals surface area contributed by atoms with Crippen molar-refractivity contribution in [3.63, 3.8) is 0 Å². The van der Waals surface area contributed by atoms with Gasteiger partial charge in [-0.15, -0.1) is 0 Å². The second kappa shape index (κ2) is 5.41. The van der Waals surface area contributed by atoms with Crippen LogP contribution >= 0.6 is 0 Å². The van der Waals surface area contributed by atoms with Crippen molar-refractivity contribution >= 4 is 17.6 Å². The molecule has 0 bridgehead atoms. The van der Waals surface area contributed by atoms with E-state index < -0.39 is 16.8 Å². The van der Waals surface area contributed by atoms with Crippen molar-refractivity contribution in [3.05, 3.63) is 63.7 Å². The Morgan fingerprint density at radius 2 is 1.76 bits per heavy atom. The molecule has 1 amide bonds. The zero-order chi connectivity index (χ0) is 15.6. The quantitative estimate of drug-likeness (QED) is 0.657. The van der Waals surface area contributed by atoms with Gasteiger partial charge in [0.25, 0.3) is 5.69 Å². The first kappa shape index (κ1) is 14.2. The molecule has 0 saturated carbocycles. The summed E-state index contributed by atoms with van der Waals surface area (Å²) in [5.41, 5.74) is 5.04. The predicted molar refractivity (Wildman–Crippen MR) is 74.0 cm³/mol. The van der Waals surface area contributed by atoms with Crippen molar-refractivity contribution in [2.45, 2.75) is 0 Å². The molecule has 0 aromatic heterocycles. The third-order valence-electron chi connectivity index (χ3n) is 2.93. The lowest BCUT2D eigenvalue weighted by atomic mass is 9.96. The number of carbonyl (C=O) groups is 2. The Balaban J connectivity index is 2.78. The summed E-state index contributed by atoms with van der Waals surface area (Å²) in [6, 6.07) is 9.42. The molecule has 2 aromatic rings. The molecule has 0 spiro atoms. The van der Waals surface area contributed by atoms with Crippen LogP contribution in [0.25, 0.3) is 11.1 Å². The number of hydrogen-bond acceptors (Lipinski definition) is 4. The number of nitro benzene ring substituents is 1. The molecule has 0 saturated heterocycles. The monoisotopic (exact) mass is 286 g/mol. The number of amides is 1. The second-order valence-electron chi connectivity index (χ2n) is 4.20. The Morgan fingerprint density at radius 3 is 2.33 bits per heavy atom. The molecule has 7 heteroatoms. The SMILES string of the molecule is NC(=O)c1ccc(C(=O)O)c(-c2ccccc2[N+](=O)[O-])c1. The minimum Gasteiger partial charge on any atom is -0.478 e. The van der Waals surface area contributed by atoms with Gasteiger partial charge in [-0.1, -0.05) is 12.1 Å². The Bertz CT molecular complexity index is 755. The summed E-state index contributed by atoms with van der Waals surface area (Å²) in [6.07, 6.45) is 0. The molecule has 0 aliphatic heterocycles. The van der Waals surface area contributed by atoms with Gasteiger partial charge in [0.2, 0.25) is 5.91 Å². The van der Waals surface area contributed by atoms with Crippen molar-refractivity contribution in [2.75, 3.05) is 0 Å². The normalized spacial score (nSPS) is 10.1. The van der Waals surface area contributed by atoms with Gasteiger partial charge < -0.3 is 10.8 Å². The Kier molecular flexibility index (Phi) is 3.66. The standard InChI is InChI=1S/C14H10N2O5/c15-13(17)8-5-6-10(14(18)19)11(7-8)9-3-1-2-4-12(9)16(20)21/h1-7H,(H2,15,17)(H,18,19). The fourth-order valence-corrected chi connectivity index (χ4v) is 1.97. The first-order valence-corrected chi connectivity index (χ1v) is 5.82. The summed E-state index contributed by atoms with van der Waals surface area (Å²) < 4.78 is 0. The summed E-state index contributed by atoms with van der Waals surface area (Å²) in [5.74, 6) is -1.99. The fraction of sp³-hybridized carbons (Fsp3) is 0. The van der Waals surface area contributed by atoms with Crippen LogP contribution in [0.15, 0.2) is 42.5 Å². The molecule has 3 N–H and O–H groups in total. The Hall–Kier alpha value is -3.22. The molecule has 21 heavy (non-hydrogen) atoms. The maximum Gasteiger partial charge on any atom is 0.336 e. The van der Waals surface area contributed by atoms with Gasteiger partial charge in [-0.25, -0.2) is 4.79 Å². The van der Waals surface area contributed by atoms with E-state index in [1.807, 2.05) is 0 Å². The van der Waals surface area contributed by atoms with Crippen LogP contribution in [0.1, 0.15) is 20.7 Å². The maximum absolute atomic E-state index is 11.3. The number of carbonyl (C=O) groups excluding carboxylic acids is 1. The molecule has 0 fully saturated rings. The number of benzene rings is 2. The molecule has 0 radical (unpaired) electrons. The van der Waals surface area contributed by atoms with E-state index in [0.717, 1.165) is 0 Å². The molecule has 2 rings (SSSR count). The van der Waals surface area contributed by atoms with E-state index in [-0.39, 0.29) is 27.9 Å². The van der Waals surface area contributed by atoms with Crippen LogP contribution in [0.5, 0.6) is 0 Å². The third kappa shape index (κ3) is 2.71. The van der Waals surface area contributed by atoms with E-state index in [0.29, 0.717) is 0 Å². The zero-order valence-corrected chi connectivity index (χ0v) is 10.6. The van der Waals surface area contributed by atoms with Crippen LogP contribution in [0.2, 0.25) is 0 Å². The highest BCUT2D eigenvalue weighted by molar-refractivity contribution is 6.01. The van der Waals surface area contributed by atoms with E-state index in [1.54, 1.807) is 6.07 Å². The van der Waals surface area contributed by atoms with Gasteiger partial charge in [0.05, 0.1) is 16.1 Å². The number of primary amides is 1. The summed E-state index contributed by atoms with van der Waals surface area (Å²) in [4.78, 5) is 32.9. The average molecular weight is 286 g/mol. The number of para-hydroxylation sites is 1. The molecule has 0 atom stereocenters. The molecule has 0 unspecified atom stereocenters. The summed E-state index contributed by atoms with van der Waals surface area (Å²) in [5, 5.41) is 20.3. The molecular formula is C14H10N2O5. The zero-order valence-electron chi connectivity index (χ0n) is 10.6. The number of rotatable bonds is 4. The highest BCUT2D eigenvalue weighted by Crippen LogP contribution is 2.32. The maximum atomic E-state index is 11.3. The van der Waals surface area contributed by atoms with E-state index in [9.17, 15) is 24.8 Å². The van der Waals surface area contributed by atoms with Crippen molar-refractivity contribution in [1.82, 2.24) is 0 Å². The van der Waals surface area contributed by atoms with Crippen LogP contribution in [0, 0.1) is 10.1 Å². The van der Waals surface area contributed by atoms with Gasteiger partial charge in [0.1, 0.15) is 0 Å². The van der Waals surface area contributed by atoms with Crippen LogP contribution in [-0.2, 0) is 0 Å². The second-order valence-corrected chi connectivity index (χ2v) is 4.20. The van der Waals surface area contributed by atoms with Crippen LogP contribution < -0.4 is 5.73 Å². The highest BCUT2D eigenvalue weighted by Gasteiger charge is 2.21. The van der Waals surface area contributed by atoms with Crippen molar-refractivity contribution in [1.29, 1.82) is 0 Å². The number of aromatic carboxylic acids is 1. The van der Waals surface area contributed by atoms with E-state index >= 15 is 0 Å². The lowest BCUT2D eigenvalue weighted by molar-refractivity contribution is -0.384. The Labute approximate surface area is 118 Å². The first-order chi connectivity index (χ1) is 9.91. The minimum absolute atomic E-state index is 0.0751. The number of hydrogen-bond donors (Lipinski definition) is 2. The largest absolute Gasteiger partial charge is 0.478 e. The molecule has 2 aromatic carbocycles. The average Bonchev–Trinajstić information content (AvgIpc) is 2.46. The number of carboxylic acids is 1. The molecule has 7 nitrogen and oxygen atoms in total. The van der Waals surface area contributed by atoms with Gasteiger partial charge in [0, 0.05) is 17.2 Å². The number of nitro groups is 1. The molecule has 0 aliphatic rings. The molecular weight excluding hydrogens is 276 g/mol. The minimum atomic E-state index is -1.25. The summed E-state index contributed by atoms with van der Waals surface area (Å²) in [6.45, 7) is 0. The highest BCUT2D eigenvalue weighted by atomic mass is 16.6. The lowest BCUT2D eigenvalue weighted by Gasteiger charge is -2.08. The van der Waals surface area contributed by atoms with Crippen LogP contribution in [0.3, 0.4) is 0 Å². The predicted octanol–water partition coefficient (Wildman–Crippen LogP) is 2.06. The van der Waals surface area contributed by atoms with Gasteiger partial charge in [-0.05, 0) is 24.3 Å². The first-order valence-electron chi connectivity index (χ1n) is 5.82. The fourth-order valence-electron chi connectivity index (χ4n) is 1.97. The van der Waals surface area contributed by atoms with Crippen molar-refractivity contribution in [3.8, 4) is 11.1 Å². The van der Waals surface area contributed by atoms with Crippen LogP contribution in [0.4, 0.5) is 5.69 Å². The molecule has 106 valence electrons. The molecule has 0 heterocycles. The van der Waals surface area contributed by atoms with Gasteiger partial charge in [-0.3, -0.25) is 14.9 Å². The van der Waals surface area contributed by atoms with Crippen molar-refractivity contribution in [2.24, 2.45) is 5.73 Å². The Morgan fingerprint density at radius 1 is 1.10 bits per heavy atom. The van der Waals surface area contributed by atoms with Gasteiger partial charge in [0.15, 0.2) is 0 Å². The van der Waals surface area contributed by atoms with E-state index in [1.165, 1.54) is 36.4 Å². The van der Waals surface area contributed by atoms with Crippen LogP contribution in [-0.4, -0.2) is 21.9 Å². The summed E-state index contributed by atoms with van der Waals surface area (Å²) >= 11 is 0. The number of carboxylic acid groups (broad SMARTS) is 1. The third-order valence-corrected chi connectivity index (χ3v) is 2.93. The van der Waals surface area contributed by atoms with Gasteiger partial charge >= 0.3 is 5.97 Å².